The minimum atomic E-state index is -1.86. The first-order valence-corrected chi connectivity index (χ1v) is 30.8. The number of ketones is 1. The molecule has 0 fully saturated rings. The number of benzene rings is 3. The highest BCUT2D eigenvalue weighted by molar-refractivity contribution is 6.09. The molecule has 0 aliphatic heterocycles. The summed E-state index contributed by atoms with van der Waals surface area (Å²) in [5.74, 6) is -10.4. The van der Waals surface area contributed by atoms with Crippen molar-refractivity contribution in [2.45, 2.75) is 202 Å². The first-order valence-electron chi connectivity index (χ1n) is 30.8. The Kier molecular flexibility index (Phi) is 28.7. The van der Waals surface area contributed by atoms with E-state index in [1.807, 2.05) is 6.07 Å². The molecule has 10 N–H and O–H groups in total. The fourth-order valence-electron chi connectivity index (χ4n) is 9.12. The van der Waals surface area contributed by atoms with Gasteiger partial charge in [-0.05, 0) is 104 Å². The van der Waals surface area contributed by atoms with Crippen molar-refractivity contribution in [3.05, 3.63) is 107 Å². The fraction of sp³-hybridized carbons (Fsp3) is 0.552. The monoisotopic (exact) mass is 1280 g/mol. The number of rotatable bonds is 32. The van der Waals surface area contributed by atoms with E-state index in [1.54, 1.807) is 162 Å². The number of alkyl carbamates (subject to hydrolysis) is 1. The van der Waals surface area contributed by atoms with Crippen LogP contribution in [0.2, 0.25) is 0 Å². The van der Waals surface area contributed by atoms with E-state index in [1.165, 1.54) is 48.7 Å². The highest BCUT2D eigenvalue weighted by Gasteiger charge is 2.42. The molecule has 3 aromatic carbocycles. The summed E-state index contributed by atoms with van der Waals surface area (Å²) in [4.78, 5) is 165. The second kappa shape index (κ2) is 34.1. The van der Waals surface area contributed by atoms with Crippen LogP contribution < -0.4 is 53.2 Å². The van der Waals surface area contributed by atoms with Gasteiger partial charge in [0.1, 0.15) is 58.5 Å². The standard InChI is InChI=1S/C67H98N10O15/c1-37(2)48(74-63(89)92-64(10,11)12)55(81)68-35-47(78)75-65(13,14)60(86)72-50(39(5)6)57(83)70-49(38(3)4)56(82)69-46(34-42-30-32-45(33-31-42)53(79)44-28-24-21-25-29-44)54(80)76-66(15,16)61(87)73-52(41(9)91-36-43-26-22-20-23-27-43)58(84)71-51(40(7)8)59(85)77-67(17,18)62(88)90-19/h20-33,37-41,46,48-52H,34-36H2,1-19H3,(H,68,81)(H,69,82)(H,70,83)(H,71,84)(H,72,86)(H,73,87)(H,74,89)(H,75,78)(H,76,80)(H,77,85)/t41-,46+,48+,49+,50+,51+,52+/m0/s1. The molecule has 10 amide bonds. The third-order valence-electron chi connectivity index (χ3n) is 14.6. The van der Waals surface area contributed by atoms with Crippen LogP contribution in [0.3, 0.4) is 0 Å². The van der Waals surface area contributed by atoms with Crippen molar-refractivity contribution in [1.82, 2.24) is 53.2 Å². The quantitative estimate of drug-likeness (QED) is 0.0312. The van der Waals surface area contributed by atoms with Crippen molar-refractivity contribution in [3.8, 4) is 0 Å². The molecule has 0 saturated carbocycles. The fourth-order valence-corrected chi connectivity index (χ4v) is 9.12. The second-order valence-electron chi connectivity index (χ2n) is 26.7. The van der Waals surface area contributed by atoms with Gasteiger partial charge in [-0.2, -0.15) is 0 Å². The molecule has 0 bridgehead atoms. The number of hydrogen-bond donors (Lipinski definition) is 10. The van der Waals surface area contributed by atoms with E-state index in [4.69, 9.17) is 14.2 Å². The number of ether oxygens (including phenoxy) is 3. The molecule has 3 rings (SSSR count). The maximum absolute atomic E-state index is 14.8. The molecule has 0 unspecified atom stereocenters. The average Bonchev–Trinajstić information content (AvgIpc) is 0.890. The maximum Gasteiger partial charge on any atom is 0.408 e. The first-order chi connectivity index (χ1) is 42.6. The molecule has 7 atom stereocenters. The van der Waals surface area contributed by atoms with Crippen molar-refractivity contribution < 1.29 is 71.7 Å². The predicted octanol–water partition coefficient (Wildman–Crippen LogP) is 3.98. The zero-order valence-electron chi connectivity index (χ0n) is 56.7. The third-order valence-corrected chi connectivity index (χ3v) is 14.6. The van der Waals surface area contributed by atoms with Crippen molar-refractivity contribution in [1.29, 1.82) is 0 Å². The topological polar surface area (TPSA) is 353 Å². The van der Waals surface area contributed by atoms with Crippen LogP contribution >= 0.6 is 0 Å². The van der Waals surface area contributed by atoms with Crippen LogP contribution in [0.15, 0.2) is 84.9 Å². The molecule has 0 saturated heterocycles. The zero-order chi connectivity index (χ0) is 69.8. The molecule has 25 heteroatoms. The van der Waals surface area contributed by atoms with Crippen LogP contribution in [0, 0.1) is 23.7 Å². The lowest BCUT2D eigenvalue weighted by Crippen LogP contribution is -2.65. The lowest BCUT2D eigenvalue weighted by atomic mass is 9.96. The number of nitrogens with one attached hydrogen (secondary N) is 10. The summed E-state index contributed by atoms with van der Waals surface area (Å²) in [5.41, 5.74) is -3.86. The van der Waals surface area contributed by atoms with E-state index in [-0.39, 0.29) is 18.8 Å². The van der Waals surface area contributed by atoms with E-state index in [9.17, 15) is 57.5 Å². The molecule has 0 spiro atoms. The third kappa shape index (κ3) is 24.1. The Balaban J connectivity index is 1.95. The SMILES string of the molecule is COC(=O)C(C)(C)NC(=O)[C@H](NC(=O)[C@H](NC(=O)C(C)(C)NC(=O)[C@@H](Cc1ccc(C(=O)c2ccccc2)cc1)NC(=O)[C@H](NC(=O)[C@H](NC(=O)C(C)(C)NC(=O)CNC(=O)[C@H](NC(=O)OC(C)(C)C)C(C)C)C(C)C)C(C)C)[C@H](C)OCc1ccccc1)C(C)C. The van der Waals surface area contributed by atoms with Gasteiger partial charge in [-0.3, -0.25) is 47.9 Å². The van der Waals surface area contributed by atoms with E-state index in [0.717, 1.165) is 5.56 Å². The van der Waals surface area contributed by atoms with Crippen LogP contribution in [0.4, 0.5) is 4.79 Å². The Labute approximate surface area is 540 Å². The summed E-state index contributed by atoms with van der Waals surface area (Å²) >= 11 is 0. The maximum atomic E-state index is 14.8. The molecule has 506 valence electrons. The lowest BCUT2D eigenvalue weighted by molar-refractivity contribution is -0.150. The van der Waals surface area contributed by atoms with E-state index < -0.39 is 160 Å². The van der Waals surface area contributed by atoms with Gasteiger partial charge in [-0.1, -0.05) is 140 Å². The van der Waals surface area contributed by atoms with E-state index in [2.05, 4.69) is 53.2 Å². The highest BCUT2D eigenvalue weighted by atomic mass is 16.6. The molecular formula is C67H98N10O15. The number of carbonyl (C=O) groups excluding carboxylic acids is 12. The van der Waals surface area contributed by atoms with Crippen LogP contribution in [-0.4, -0.2) is 149 Å². The number of amides is 10. The van der Waals surface area contributed by atoms with Crippen LogP contribution in [0.5, 0.6) is 0 Å². The van der Waals surface area contributed by atoms with Gasteiger partial charge in [0.25, 0.3) is 0 Å². The Morgan fingerprint density at radius 3 is 1.35 bits per heavy atom. The van der Waals surface area contributed by atoms with Crippen molar-refractivity contribution in [3.63, 3.8) is 0 Å². The summed E-state index contributed by atoms with van der Waals surface area (Å²) in [6, 6.07) is 16.0. The second-order valence-corrected chi connectivity index (χ2v) is 26.7. The van der Waals surface area contributed by atoms with Crippen LogP contribution in [0.25, 0.3) is 0 Å². The van der Waals surface area contributed by atoms with Crippen molar-refractivity contribution >= 4 is 71.0 Å². The zero-order valence-corrected chi connectivity index (χ0v) is 56.7. The van der Waals surface area contributed by atoms with Gasteiger partial charge in [0, 0.05) is 17.5 Å². The molecule has 0 aromatic heterocycles. The Bertz CT molecular complexity index is 3070. The van der Waals surface area contributed by atoms with Crippen LogP contribution in [0.1, 0.15) is 152 Å². The highest BCUT2D eigenvalue weighted by Crippen LogP contribution is 2.18. The van der Waals surface area contributed by atoms with E-state index >= 15 is 0 Å². The summed E-state index contributed by atoms with van der Waals surface area (Å²) in [7, 11) is 1.17. The van der Waals surface area contributed by atoms with Gasteiger partial charge < -0.3 is 67.4 Å². The number of esters is 1. The Hall–Kier alpha value is -8.74. The molecule has 92 heavy (non-hydrogen) atoms. The smallest absolute Gasteiger partial charge is 0.408 e. The van der Waals surface area contributed by atoms with Gasteiger partial charge in [0.05, 0.1) is 26.4 Å². The van der Waals surface area contributed by atoms with Crippen molar-refractivity contribution in [2.75, 3.05) is 13.7 Å². The normalized spacial score (nSPS) is 14.2. The van der Waals surface area contributed by atoms with E-state index in [0.29, 0.717) is 16.7 Å². The molecular weight excluding hydrogens is 1180 g/mol. The molecule has 0 heterocycles. The molecule has 0 radical (unpaired) electrons. The first kappa shape index (κ1) is 77.5. The summed E-state index contributed by atoms with van der Waals surface area (Å²) < 4.78 is 16.3. The summed E-state index contributed by atoms with van der Waals surface area (Å²) in [6.45, 7) is 27.7. The molecule has 25 nitrogen and oxygen atoms in total. The average molecular weight is 1280 g/mol. The summed E-state index contributed by atoms with van der Waals surface area (Å²) in [5, 5.41) is 26.4. The van der Waals surface area contributed by atoms with Gasteiger partial charge in [-0.15, -0.1) is 0 Å². The molecule has 0 aliphatic carbocycles. The van der Waals surface area contributed by atoms with Gasteiger partial charge >= 0.3 is 12.1 Å². The number of carbonyl (C=O) groups is 12. The predicted molar refractivity (Wildman–Crippen MR) is 345 cm³/mol. The number of hydrogen-bond acceptors (Lipinski definition) is 15. The summed E-state index contributed by atoms with van der Waals surface area (Å²) in [6.07, 6.45) is -2.11. The molecule has 3 aromatic rings. The lowest BCUT2D eigenvalue weighted by Gasteiger charge is -2.34. The Morgan fingerprint density at radius 1 is 0.424 bits per heavy atom. The minimum absolute atomic E-state index is 0.0116. The Morgan fingerprint density at radius 2 is 0.848 bits per heavy atom. The van der Waals surface area contributed by atoms with Crippen molar-refractivity contribution in [2.24, 2.45) is 23.7 Å². The van der Waals surface area contributed by atoms with Crippen LogP contribution in [-0.2, 0) is 75.2 Å². The minimum Gasteiger partial charge on any atom is -0.467 e. The number of methoxy groups -OCH3 is 1. The van der Waals surface area contributed by atoms with Gasteiger partial charge in [0.2, 0.25) is 53.2 Å². The molecule has 0 aliphatic rings. The van der Waals surface area contributed by atoms with Gasteiger partial charge in [0.15, 0.2) is 5.78 Å². The van der Waals surface area contributed by atoms with Gasteiger partial charge in [-0.25, -0.2) is 9.59 Å². The largest absolute Gasteiger partial charge is 0.467 e.